The fourth-order valence-electron chi connectivity index (χ4n) is 2.76. The topological polar surface area (TPSA) is 37.4 Å². The third-order valence-corrected chi connectivity index (χ3v) is 6.08. The molecule has 19 heavy (non-hydrogen) atoms. The lowest BCUT2D eigenvalue weighted by Gasteiger charge is -2.42. The molecular weight excluding hydrogens is 326 g/mol. The molecule has 5 heteroatoms. The maximum Gasteiger partial charge on any atom is 0.152 e. The van der Waals surface area contributed by atoms with E-state index in [1.165, 1.54) is 11.1 Å². The molecule has 0 saturated carbocycles. The number of rotatable bonds is 2. The maximum atomic E-state index is 11.5. The van der Waals surface area contributed by atoms with Crippen molar-refractivity contribution in [2.24, 2.45) is 0 Å². The minimum atomic E-state index is -2.82. The van der Waals surface area contributed by atoms with E-state index in [0.717, 1.165) is 4.47 Å². The lowest BCUT2D eigenvalue weighted by Crippen LogP contribution is -2.50. The highest BCUT2D eigenvalue weighted by molar-refractivity contribution is 9.10. The normalized spacial score (nSPS) is 20.4. The predicted octanol–water partition coefficient (Wildman–Crippen LogP) is 2.72. The smallest absolute Gasteiger partial charge is 0.152 e. The molecule has 0 bridgehead atoms. The van der Waals surface area contributed by atoms with Gasteiger partial charge in [0, 0.05) is 23.1 Å². The highest BCUT2D eigenvalue weighted by Gasteiger charge is 2.34. The van der Waals surface area contributed by atoms with E-state index >= 15 is 0 Å². The number of aryl methyl sites for hydroxylation is 1. The molecular formula is C14H20BrNO2S. The summed E-state index contributed by atoms with van der Waals surface area (Å²) in [4.78, 5) is 2.27. The summed E-state index contributed by atoms with van der Waals surface area (Å²) >= 11 is 3.48. The Morgan fingerprint density at radius 3 is 2.32 bits per heavy atom. The van der Waals surface area contributed by atoms with Gasteiger partial charge >= 0.3 is 0 Å². The molecule has 1 fully saturated rings. The molecule has 0 aromatic heterocycles. The molecule has 1 heterocycles. The first kappa shape index (κ1) is 15.0. The van der Waals surface area contributed by atoms with E-state index in [9.17, 15) is 8.42 Å². The molecule has 0 amide bonds. The Bertz CT molecular complexity index is 567. The van der Waals surface area contributed by atoms with Gasteiger partial charge in [-0.1, -0.05) is 22.0 Å². The van der Waals surface area contributed by atoms with E-state index in [0.29, 0.717) is 13.1 Å². The summed E-state index contributed by atoms with van der Waals surface area (Å²) in [7, 11) is -2.82. The number of hydrogen-bond acceptors (Lipinski definition) is 3. The SMILES string of the molecule is Cc1cc(Br)ccc1C(C)(C)N1CCS(=O)(=O)CC1. The molecule has 0 atom stereocenters. The van der Waals surface area contributed by atoms with Gasteiger partial charge in [0.25, 0.3) is 0 Å². The third-order valence-electron chi connectivity index (χ3n) is 3.98. The van der Waals surface area contributed by atoms with Crippen LogP contribution in [0.3, 0.4) is 0 Å². The molecule has 106 valence electrons. The minimum Gasteiger partial charge on any atom is -0.292 e. The molecule has 0 unspecified atom stereocenters. The second-order valence-electron chi connectivity index (χ2n) is 5.66. The zero-order valence-corrected chi connectivity index (χ0v) is 14.0. The van der Waals surface area contributed by atoms with Crippen molar-refractivity contribution < 1.29 is 8.42 Å². The first-order valence-corrected chi connectivity index (χ1v) is 9.06. The fraction of sp³-hybridized carbons (Fsp3) is 0.571. The molecule has 3 nitrogen and oxygen atoms in total. The van der Waals surface area contributed by atoms with Crippen LogP contribution in [0.5, 0.6) is 0 Å². The van der Waals surface area contributed by atoms with Gasteiger partial charge in [0.05, 0.1) is 11.5 Å². The van der Waals surface area contributed by atoms with Gasteiger partial charge in [-0.15, -0.1) is 0 Å². The van der Waals surface area contributed by atoms with Gasteiger partial charge in [-0.05, 0) is 44.0 Å². The van der Waals surface area contributed by atoms with Gasteiger partial charge < -0.3 is 0 Å². The predicted molar refractivity (Wildman–Crippen MR) is 82.1 cm³/mol. The van der Waals surface area contributed by atoms with Gasteiger partial charge in [0.1, 0.15) is 0 Å². The van der Waals surface area contributed by atoms with E-state index in [4.69, 9.17) is 0 Å². The van der Waals surface area contributed by atoms with Crippen LogP contribution in [0.1, 0.15) is 25.0 Å². The lowest BCUT2D eigenvalue weighted by molar-refractivity contribution is 0.131. The van der Waals surface area contributed by atoms with Gasteiger partial charge in [0.2, 0.25) is 0 Å². The minimum absolute atomic E-state index is 0.138. The van der Waals surface area contributed by atoms with Gasteiger partial charge in [0.15, 0.2) is 9.84 Å². The summed E-state index contributed by atoms with van der Waals surface area (Å²) in [6.45, 7) is 7.67. The molecule has 1 saturated heterocycles. The summed E-state index contributed by atoms with van der Waals surface area (Å²) in [5, 5.41) is 0. The van der Waals surface area contributed by atoms with Gasteiger partial charge in [-0.2, -0.15) is 0 Å². The molecule has 1 aromatic carbocycles. The summed E-state index contributed by atoms with van der Waals surface area (Å²) in [5.41, 5.74) is 2.35. The average molecular weight is 346 g/mol. The number of nitrogens with zero attached hydrogens (tertiary/aromatic N) is 1. The Labute approximate surface area is 124 Å². The highest BCUT2D eigenvalue weighted by Crippen LogP contribution is 2.32. The molecule has 1 aliphatic rings. The van der Waals surface area contributed by atoms with E-state index in [-0.39, 0.29) is 17.0 Å². The standard InChI is InChI=1S/C14H20BrNO2S/c1-11-10-12(15)4-5-13(11)14(2,3)16-6-8-19(17,18)9-7-16/h4-5,10H,6-9H2,1-3H3. The molecule has 1 aliphatic heterocycles. The fourth-order valence-corrected chi connectivity index (χ4v) is 4.43. The molecule has 1 aromatic rings. The van der Waals surface area contributed by atoms with Crippen LogP contribution in [0.25, 0.3) is 0 Å². The van der Waals surface area contributed by atoms with Gasteiger partial charge in [-0.3, -0.25) is 4.90 Å². The summed E-state index contributed by atoms with van der Waals surface area (Å²) in [6.07, 6.45) is 0. The highest BCUT2D eigenvalue weighted by atomic mass is 79.9. The van der Waals surface area contributed by atoms with Crippen LogP contribution in [0.2, 0.25) is 0 Å². The van der Waals surface area contributed by atoms with Crippen molar-refractivity contribution in [2.45, 2.75) is 26.3 Å². The molecule has 2 rings (SSSR count). The summed E-state index contributed by atoms with van der Waals surface area (Å²) in [6, 6.07) is 6.28. The van der Waals surface area contributed by atoms with Crippen molar-refractivity contribution in [1.29, 1.82) is 0 Å². The Morgan fingerprint density at radius 1 is 1.21 bits per heavy atom. The van der Waals surface area contributed by atoms with Crippen molar-refractivity contribution in [3.05, 3.63) is 33.8 Å². The Hall–Kier alpha value is -0.390. The lowest BCUT2D eigenvalue weighted by atomic mass is 9.88. The van der Waals surface area contributed by atoms with Crippen LogP contribution in [0, 0.1) is 6.92 Å². The van der Waals surface area contributed by atoms with Crippen LogP contribution >= 0.6 is 15.9 Å². The molecule has 0 radical (unpaired) electrons. The van der Waals surface area contributed by atoms with Crippen LogP contribution in [-0.4, -0.2) is 37.9 Å². The average Bonchev–Trinajstić information content (AvgIpc) is 2.27. The number of halogens is 1. The van der Waals surface area contributed by atoms with Crippen LogP contribution in [0.15, 0.2) is 22.7 Å². The van der Waals surface area contributed by atoms with E-state index in [1.54, 1.807) is 0 Å². The zero-order valence-electron chi connectivity index (χ0n) is 11.6. The summed E-state index contributed by atoms with van der Waals surface area (Å²) in [5.74, 6) is 0.540. The Balaban J connectivity index is 2.27. The Kier molecular flexibility index (Phi) is 4.10. The van der Waals surface area contributed by atoms with Crippen LogP contribution in [0.4, 0.5) is 0 Å². The quantitative estimate of drug-likeness (QED) is 0.826. The van der Waals surface area contributed by atoms with E-state index < -0.39 is 9.84 Å². The van der Waals surface area contributed by atoms with Crippen molar-refractivity contribution in [1.82, 2.24) is 4.90 Å². The zero-order chi connectivity index (χ0) is 14.3. The monoisotopic (exact) mass is 345 g/mol. The Morgan fingerprint density at radius 2 is 1.79 bits per heavy atom. The first-order valence-electron chi connectivity index (χ1n) is 6.44. The third kappa shape index (κ3) is 3.20. The molecule has 0 aliphatic carbocycles. The van der Waals surface area contributed by atoms with Crippen molar-refractivity contribution in [2.75, 3.05) is 24.6 Å². The van der Waals surface area contributed by atoms with Gasteiger partial charge in [-0.25, -0.2) is 8.42 Å². The van der Waals surface area contributed by atoms with E-state index in [1.807, 2.05) is 6.07 Å². The molecule has 0 N–H and O–H groups in total. The van der Waals surface area contributed by atoms with Crippen molar-refractivity contribution >= 4 is 25.8 Å². The van der Waals surface area contributed by atoms with Crippen molar-refractivity contribution in [3.63, 3.8) is 0 Å². The van der Waals surface area contributed by atoms with Crippen molar-refractivity contribution in [3.8, 4) is 0 Å². The maximum absolute atomic E-state index is 11.5. The summed E-state index contributed by atoms with van der Waals surface area (Å²) < 4.78 is 24.2. The van der Waals surface area contributed by atoms with E-state index in [2.05, 4.69) is 53.7 Å². The van der Waals surface area contributed by atoms with Crippen LogP contribution in [-0.2, 0) is 15.4 Å². The number of benzene rings is 1. The molecule has 0 spiro atoms. The largest absolute Gasteiger partial charge is 0.292 e. The number of hydrogen-bond donors (Lipinski definition) is 0. The second kappa shape index (κ2) is 5.19. The first-order chi connectivity index (χ1) is 8.72. The second-order valence-corrected chi connectivity index (χ2v) is 8.88. The van der Waals surface area contributed by atoms with Crippen LogP contribution < -0.4 is 0 Å². The number of sulfone groups is 1.